The predicted molar refractivity (Wildman–Crippen MR) is 97.7 cm³/mol. The summed E-state index contributed by atoms with van der Waals surface area (Å²) in [7, 11) is 1.80. The highest BCUT2D eigenvalue weighted by atomic mass is 19.1. The number of carbonyl (C=O) groups excluding carboxylic acids is 2. The van der Waals surface area contributed by atoms with Gasteiger partial charge in [0.15, 0.2) is 6.67 Å². The van der Waals surface area contributed by atoms with Gasteiger partial charge in [0.05, 0.1) is 12.0 Å². The number of quaternary nitrogens is 1. The van der Waals surface area contributed by atoms with Crippen LogP contribution in [0, 0.1) is 15.9 Å². The number of non-ortho nitro benzene ring substituents is 1. The van der Waals surface area contributed by atoms with E-state index in [1.54, 1.807) is 26.1 Å². The van der Waals surface area contributed by atoms with E-state index in [0.29, 0.717) is 12.1 Å². The Morgan fingerprint density at radius 2 is 1.89 bits per heavy atom. The zero-order chi connectivity index (χ0) is 20.5. The fourth-order valence-corrected chi connectivity index (χ4v) is 3.27. The topological polar surface area (TPSA) is 97.0 Å². The number of benzene rings is 2. The van der Waals surface area contributed by atoms with Gasteiger partial charge in [-0.25, -0.2) is 14.1 Å². The lowest BCUT2D eigenvalue weighted by Crippen LogP contribution is -3.09. The molecular formula is C19H20FN4O4+. The number of carbonyl (C=O) groups is 2. The smallest absolute Gasteiger partial charge is 0.319 e. The number of amides is 3. The fraction of sp³-hybridized carbons (Fsp3) is 0.263. The first-order chi connectivity index (χ1) is 13.2. The van der Waals surface area contributed by atoms with Crippen LogP contribution >= 0.6 is 0 Å². The molecule has 28 heavy (non-hydrogen) atoms. The Hall–Kier alpha value is -3.33. The van der Waals surface area contributed by atoms with Crippen molar-refractivity contribution in [1.82, 2.24) is 10.2 Å². The van der Waals surface area contributed by atoms with Gasteiger partial charge in [0.2, 0.25) is 0 Å². The minimum absolute atomic E-state index is 0.0970. The third-order valence-electron chi connectivity index (χ3n) is 4.75. The third kappa shape index (κ3) is 3.70. The molecule has 1 unspecified atom stereocenters. The van der Waals surface area contributed by atoms with Crippen LogP contribution in [0.25, 0.3) is 0 Å². The molecule has 9 heteroatoms. The van der Waals surface area contributed by atoms with E-state index in [1.807, 2.05) is 0 Å². The number of nitro groups is 1. The molecule has 3 rings (SSSR count). The Labute approximate surface area is 160 Å². The highest BCUT2D eigenvalue weighted by Crippen LogP contribution is 2.29. The molecular weight excluding hydrogens is 367 g/mol. The molecule has 2 aromatic rings. The molecule has 1 aliphatic rings. The Morgan fingerprint density at radius 3 is 2.50 bits per heavy atom. The maximum Gasteiger partial charge on any atom is 0.329 e. The summed E-state index contributed by atoms with van der Waals surface area (Å²) in [5.41, 5.74) is -0.185. The first-order valence-corrected chi connectivity index (χ1v) is 8.65. The first kappa shape index (κ1) is 19.4. The van der Waals surface area contributed by atoms with Gasteiger partial charge in [0, 0.05) is 17.7 Å². The molecule has 2 N–H and O–H groups in total. The average Bonchev–Trinajstić information content (AvgIpc) is 2.86. The van der Waals surface area contributed by atoms with E-state index in [-0.39, 0.29) is 18.2 Å². The largest absolute Gasteiger partial charge is 0.329 e. The van der Waals surface area contributed by atoms with Gasteiger partial charge in [-0.15, -0.1) is 0 Å². The van der Waals surface area contributed by atoms with E-state index in [0.717, 1.165) is 15.4 Å². The summed E-state index contributed by atoms with van der Waals surface area (Å²) in [6.07, 6.45) is 0. The molecule has 0 aliphatic carbocycles. The summed E-state index contributed by atoms with van der Waals surface area (Å²) in [5.74, 6) is -0.781. The molecule has 1 aliphatic heterocycles. The summed E-state index contributed by atoms with van der Waals surface area (Å²) in [5, 5.41) is 13.5. The van der Waals surface area contributed by atoms with Crippen molar-refractivity contribution in [2.75, 3.05) is 13.7 Å². The first-order valence-electron chi connectivity index (χ1n) is 8.65. The summed E-state index contributed by atoms with van der Waals surface area (Å²) >= 11 is 0. The van der Waals surface area contributed by atoms with Crippen LogP contribution < -0.4 is 10.2 Å². The minimum Gasteiger partial charge on any atom is -0.319 e. The SMILES string of the molecule is C[NH+](Cc1cccc(F)c1)CN1C(=O)N[C@@](C)(c2ccc([N+](=O)[O-])cc2)C1=O. The number of nitrogens with one attached hydrogen (secondary N) is 2. The molecule has 0 aromatic heterocycles. The molecule has 3 amide bonds. The summed E-state index contributed by atoms with van der Waals surface area (Å²) in [6, 6.07) is 11.1. The Balaban J connectivity index is 1.74. The highest BCUT2D eigenvalue weighted by Gasteiger charge is 2.50. The predicted octanol–water partition coefficient (Wildman–Crippen LogP) is 1.17. The summed E-state index contributed by atoms with van der Waals surface area (Å²) in [4.78, 5) is 37.5. The van der Waals surface area contributed by atoms with Gasteiger partial charge < -0.3 is 10.2 Å². The number of nitro benzene ring substituents is 1. The summed E-state index contributed by atoms with van der Waals surface area (Å²) in [6.45, 7) is 2.10. The second-order valence-corrected chi connectivity index (χ2v) is 7.01. The number of halogens is 1. The number of nitrogens with zero attached hydrogens (tertiary/aromatic N) is 2. The van der Waals surface area contributed by atoms with Crippen LogP contribution in [0.3, 0.4) is 0 Å². The van der Waals surface area contributed by atoms with Crippen LogP contribution in [0.1, 0.15) is 18.1 Å². The molecule has 0 saturated carbocycles. The zero-order valence-electron chi connectivity index (χ0n) is 15.4. The number of urea groups is 1. The molecule has 0 bridgehead atoms. The van der Waals surface area contributed by atoms with Crippen LogP contribution in [0.5, 0.6) is 0 Å². The van der Waals surface area contributed by atoms with Crippen LogP contribution in [0.15, 0.2) is 48.5 Å². The van der Waals surface area contributed by atoms with Crippen LogP contribution in [-0.4, -0.2) is 35.5 Å². The molecule has 1 saturated heterocycles. The maximum atomic E-state index is 13.3. The molecule has 8 nitrogen and oxygen atoms in total. The van der Waals surface area contributed by atoms with Crippen LogP contribution in [0.4, 0.5) is 14.9 Å². The lowest BCUT2D eigenvalue weighted by atomic mass is 9.92. The molecule has 1 heterocycles. The lowest BCUT2D eigenvalue weighted by molar-refractivity contribution is -0.901. The van der Waals surface area contributed by atoms with Crippen molar-refractivity contribution in [2.24, 2.45) is 0 Å². The fourth-order valence-electron chi connectivity index (χ4n) is 3.27. The number of imide groups is 1. The van der Waals surface area contributed by atoms with Crippen molar-refractivity contribution >= 4 is 17.6 Å². The van der Waals surface area contributed by atoms with Crippen molar-refractivity contribution in [3.63, 3.8) is 0 Å². The van der Waals surface area contributed by atoms with E-state index in [2.05, 4.69) is 5.32 Å². The van der Waals surface area contributed by atoms with Gasteiger partial charge in [0.25, 0.3) is 11.6 Å². The molecule has 2 aromatic carbocycles. The van der Waals surface area contributed by atoms with Gasteiger partial charge >= 0.3 is 6.03 Å². The second-order valence-electron chi connectivity index (χ2n) is 7.01. The normalized spacial score (nSPS) is 20.2. The van der Waals surface area contributed by atoms with Gasteiger partial charge in [-0.1, -0.05) is 12.1 Å². The number of hydrogen-bond donors (Lipinski definition) is 2. The summed E-state index contributed by atoms with van der Waals surface area (Å²) < 4.78 is 13.3. The van der Waals surface area contributed by atoms with E-state index in [9.17, 15) is 24.1 Å². The monoisotopic (exact) mass is 387 g/mol. The average molecular weight is 387 g/mol. The van der Waals surface area contributed by atoms with Gasteiger partial charge in [-0.05, 0) is 36.8 Å². The number of rotatable bonds is 6. The Bertz CT molecular complexity index is 934. The molecule has 2 atom stereocenters. The van der Waals surface area contributed by atoms with Crippen molar-refractivity contribution in [3.8, 4) is 0 Å². The molecule has 1 fully saturated rings. The molecule has 146 valence electrons. The molecule has 0 radical (unpaired) electrons. The van der Waals surface area contributed by atoms with Crippen molar-refractivity contribution in [1.29, 1.82) is 0 Å². The zero-order valence-corrected chi connectivity index (χ0v) is 15.4. The standard InChI is InChI=1S/C19H19FN4O4/c1-19(14-6-8-16(9-7-14)24(27)28)17(25)23(18(26)21-19)12-22(2)11-13-4-3-5-15(20)10-13/h3-10H,11-12H2,1-2H3,(H,21,26)/p+1/t19-/m0/s1. The molecule has 0 spiro atoms. The second kappa shape index (κ2) is 7.35. The van der Waals surface area contributed by atoms with Gasteiger partial charge in [-0.3, -0.25) is 14.9 Å². The lowest BCUT2D eigenvalue weighted by Gasteiger charge is -2.23. The van der Waals surface area contributed by atoms with Crippen molar-refractivity contribution in [3.05, 3.63) is 75.6 Å². The van der Waals surface area contributed by atoms with Crippen LogP contribution in [0.2, 0.25) is 0 Å². The Morgan fingerprint density at radius 1 is 1.21 bits per heavy atom. The van der Waals surface area contributed by atoms with Crippen molar-refractivity contribution < 1.29 is 23.8 Å². The minimum atomic E-state index is -1.30. The van der Waals surface area contributed by atoms with E-state index < -0.39 is 22.4 Å². The Kier molecular flexibility index (Phi) is 5.10. The van der Waals surface area contributed by atoms with Gasteiger partial charge in [0.1, 0.15) is 17.9 Å². The van der Waals surface area contributed by atoms with E-state index in [4.69, 9.17) is 0 Å². The number of hydrogen-bond acceptors (Lipinski definition) is 4. The maximum absolute atomic E-state index is 13.3. The van der Waals surface area contributed by atoms with E-state index >= 15 is 0 Å². The van der Waals surface area contributed by atoms with Gasteiger partial charge in [-0.2, -0.15) is 0 Å². The van der Waals surface area contributed by atoms with Crippen LogP contribution in [-0.2, 0) is 16.9 Å². The van der Waals surface area contributed by atoms with E-state index in [1.165, 1.54) is 36.4 Å². The highest BCUT2D eigenvalue weighted by molar-refractivity contribution is 6.07. The van der Waals surface area contributed by atoms with Crippen molar-refractivity contribution in [2.45, 2.75) is 19.0 Å². The third-order valence-corrected chi connectivity index (χ3v) is 4.75. The quantitative estimate of drug-likeness (QED) is 0.442.